The van der Waals surface area contributed by atoms with Crippen LogP contribution in [0.15, 0.2) is 89.8 Å². The highest BCUT2D eigenvalue weighted by Gasteiger charge is 2.23. The van der Waals surface area contributed by atoms with Gasteiger partial charge in [-0.05, 0) is 30.2 Å². The third-order valence-electron chi connectivity index (χ3n) is 3.84. The summed E-state index contributed by atoms with van der Waals surface area (Å²) in [4.78, 5) is 1.17. The fraction of sp³-hybridized carbons (Fsp3) is 0.143. The normalized spacial score (nSPS) is 13.5. The van der Waals surface area contributed by atoms with Gasteiger partial charge in [0.05, 0.1) is 11.4 Å². The van der Waals surface area contributed by atoms with Gasteiger partial charge in [-0.2, -0.15) is 0 Å². The Kier molecular flexibility index (Phi) is 5.16. The van der Waals surface area contributed by atoms with Crippen molar-refractivity contribution in [2.24, 2.45) is 0 Å². The first kappa shape index (κ1) is 15.9. The van der Waals surface area contributed by atoms with E-state index in [1.54, 1.807) is 11.8 Å². The molecule has 0 amide bonds. The van der Waals surface area contributed by atoms with Crippen LogP contribution in [0.1, 0.15) is 28.0 Å². The standard InChI is InChI=1S/C21H20OS/c1-16-12-14-19(15-13-16)23-21(18-10-6-3-7-11-18)20(22)17-8-4-2-5-9-17/h2-15,20-22H,1H3/t20-,21+/m0/s1. The van der Waals surface area contributed by atoms with Crippen LogP contribution in [-0.2, 0) is 0 Å². The van der Waals surface area contributed by atoms with Gasteiger partial charge in [-0.25, -0.2) is 0 Å². The molecule has 2 heteroatoms. The third-order valence-corrected chi connectivity index (χ3v) is 5.17. The molecule has 116 valence electrons. The minimum atomic E-state index is -0.551. The molecule has 3 rings (SSSR count). The van der Waals surface area contributed by atoms with Crippen LogP contribution in [0.4, 0.5) is 0 Å². The molecule has 2 atom stereocenters. The second kappa shape index (κ2) is 7.49. The minimum Gasteiger partial charge on any atom is -0.387 e. The third kappa shape index (κ3) is 4.04. The molecule has 0 aliphatic carbocycles. The molecule has 0 radical (unpaired) electrons. The SMILES string of the molecule is Cc1ccc(S[C@H](c2ccccc2)[C@@H](O)c2ccccc2)cc1. The van der Waals surface area contributed by atoms with Gasteiger partial charge in [0.25, 0.3) is 0 Å². The van der Waals surface area contributed by atoms with Gasteiger partial charge in [0, 0.05) is 4.90 Å². The van der Waals surface area contributed by atoms with Crippen molar-refractivity contribution in [3.8, 4) is 0 Å². The highest BCUT2D eigenvalue weighted by atomic mass is 32.2. The lowest BCUT2D eigenvalue weighted by Gasteiger charge is -2.23. The zero-order valence-electron chi connectivity index (χ0n) is 13.1. The average Bonchev–Trinajstić information content (AvgIpc) is 2.62. The van der Waals surface area contributed by atoms with Crippen molar-refractivity contribution >= 4 is 11.8 Å². The van der Waals surface area contributed by atoms with E-state index in [2.05, 4.69) is 43.3 Å². The van der Waals surface area contributed by atoms with Crippen molar-refractivity contribution in [2.75, 3.05) is 0 Å². The summed E-state index contributed by atoms with van der Waals surface area (Å²) in [6.45, 7) is 2.09. The lowest BCUT2D eigenvalue weighted by Crippen LogP contribution is -2.08. The number of thioether (sulfide) groups is 1. The summed E-state index contributed by atoms with van der Waals surface area (Å²) >= 11 is 1.70. The maximum absolute atomic E-state index is 10.9. The molecule has 1 N–H and O–H groups in total. The van der Waals surface area contributed by atoms with Gasteiger partial charge < -0.3 is 5.11 Å². The number of benzene rings is 3. The Hall–Kier alpha value is -2.03. The van der Waals surface area contributed by atoms with E-state index < -0.39 is 6.10 Å². The number of aliphatic hydroxyl groups excluding tert-OH is 1. The van der Waals surface area contributed by atoms with Gasteiger partial charge in [-0.1, -0.05) is 78.4 Å². The van der Waals surface area contributed by atoms with Crippen LogP contribution >= 0.6 is 11.8 Å². The van der Waals surface area contributed by atoms with Crippen LogP contribution in [0.5, 0.6) is 0 Å². The van der Waals surface area contributed by atoms with E-state index in [-0.39, 0.29) is 5.25 Å². The summed E-state index contributed by atoms with van der Waals surface area (Å²) < 4.78 is 0. The van der Waals surface area contributed by atoms with Crippen LogP contribution in [0.3, 0.4) is 0 Å². The molecule has 3 aromatic rings. The smallest absolute Gasteiger partial charge is 0.0952 e. The Balaban J connectivity index is 1.92. The molecule has 0 aliphatic heterocycles. The summed E-state index contributed by atoms with van der Waals surface area (Å²) in [6.07, 6.45) is -0.551. The molecule has 0 bridgehead atoms. The first-order chi connectivity index (χ1) is 11.2. The van der Waals surface area contributed by atoms with Crippen LogP contribution < -0.4 is 0 Å². The summed E-state index contributed by atoms with van der Waals surface area (Å²) in [6, 6.07) is 28.6. The molecule has 0 saturated carbocycles. The second-order valence-corrected chi connectivity index (χ2v) is 6.83. The van der Waals surface area contributed by atoms with Crippen LogP contribution in [0.25, 0.3) is 0 Å². The Morgan fingerprint density at radius 3 is 1.78 bits per heavy atom. The number of hydrogen-bond acceptors (Lipinski definition) is 2. The largest absolute Gasteiger partial charge is 0.387 e. The Labute approximate surface area is 142 Å². The molecule has 0 saturated heterocycles. The van der Waals surface area contributed by atoms with Gasteiger partial charge in [-0.15, -0.1) is 11.8 Å². The quantitative estimate of drug-likeness (QED) is 0.621. The maximum Gasteiger partial charge on any atom is 0.0952 e. The number of aliphatic hydroxyl groups is 1. The van der Waals surface area contributed by atoms with Gasteiger partial charge in [-0.3, -0.25) is 0 Å². The molecule has 0 spiro atoms. The van der Waals surface area contributed by atoms with Crippen molar-refractivity contribution in [2.45, 2.75) is 23.2 Å². The van der Waals surface area contributed by atoms with Crippen LogP contribution in [-0.4, -0.2) is 5.11 Å². The molecular formula is C21H20OS. The van der Waals surface area contributed by atoms with E-state index in [0.717, 1.165) is 11.1 Å². The minimum absolute atomic E-state index is 0.0405. The molecular weight excluding hydrogens is 300 g/mol. The van der Waals surface area contributed by atoms with E-state index in [4.69, 9.17) is 0 Å². The number of hydrogen-bond donors (Lipinski definition) is 1. The molecule has 0 fully saturated rings. The Morgan fingerprint density at radius 2 is 1.22 bits per heavy atom. The van der Waals surface area contributed by atoms with Crippen molar-refractivity contribution in [1.29, 1.82) is 0 Å². The average molecular weight is 320 g/mol. The van der Waals surface area contributed by atoms with Gasteiger partial charge >= 0.3 is 0 Å². The highest BCUT2D eigenvalue weighted by molar-refractivity contribution is 7.99. The summed E-state index contributed by atoms with van der Waals surface area (Å²) in [5, 5.41) is 10.9. The Morgan fingerprint density at radius 1 is 0.696 bits per heavy atom. The van der Waals surface area contributed by atoms with Crippen molar-refractivity contribution < 1.29 is 5.11 Å². The summed E-state index contributed by atoms with van der Waals surface area (Å²) in [5.74, 6) is 0. The van der Waals surface area contributed by atoms with E-state index in [1.807, 2.05) is 48.5 Å². The van der Waals surface area contributed by atoms with Crippen molar-refractivity contribution in [3.63, 3.8) is 0 Å². The second-order valence-electron chi connectivity index (χ2n) is 5.62. The monoisotopic (exact) mass is 320 g/mol. The van der Waals surface area contributed by atoms with E-state index in [1.165, 1.54) is 10.5 Å². The predicted molar refractivity (Wildman–Crippen MR) is 97.6 cm³/mol. The molecule has 0 unspecified atom stereocenters. The van der Waals surface area contributed by atoms with Crippen molar-refractivity contribution in [3.05, 3.63) is 102 Å². The number of rotatable bonds is 5. The summed E-state index contributed by atoms with van der Waals surface area (Å²) in [5.41, 5.74) is 3.32. The van der Waals surface area contributed by atoms with E-state index >= 15 is 0 Å². The first-order valence-electron chi connectivity index (χ1n) is 7.75. The fourth-order valence-electron chi connectivity index (χ4n) is 2.55. The molecule has 3 aromatic carbocycles. The highest BCUT2D eigenvalue weighted by Crippen LogP contribution is 2.43. The fourth-order valence-corrected chi connectivity index (χ4v) is 3.71. The van der Waals surface area contributed by atoms with Gasteiger partial charge in [0.2, 0.25) is 0 Å². The first-order valence-corrected chi connectivity index (χ1v) is 8.63. The lowest BCUT2D eigenvalue weighted by atomic mass is 10.0. The predicted octanol–water partition coefficient (Wildman–Crippen LogP) is 5.56. The molecule has 23 heavy (non-hydrogen) atoms. The van der Waals surface area contributed by atoms with Gasteiger partial charge in [0.15, 0.2) is 0 Å². The lowest BCUT2D eigenvalue weighted by molar-refractivity contribution is 0.175. The van der Waals surface area contributed by atoms with E-state index in [0.29, 0.717) is 0 Å². The zero-order chi connectivity index (χ0) is 16.1. The molecule has 0 heterocycles. The number of aryl methyl sites for hydroxylation is 1. The Bertz CT molecular complexity index is 723. The van der Waals surface area contributed by atoms with Crippen LogP contribution in [0, 0.1) is 6.92 Å². The molecule has 0 aliphatic rings. The van der Waals surface area contributed by atoms with Gasteiger partial charge in [0.1, 0.15) is 0 Å². The summed E-state index contributed by atoms with van der Waals surface area (Å²) in [7, 11) is 0. The molecule has 1 nitrogen and oxygen atoms in total. The topological polar surface area (TPSA) is 20.2 Å². The van der Waals surface area contributed by atoms with Crippen LogP contribution in [0.2, 0.25) is 0 Å². The zero-order valence-corrected chi connectivity index (χ0v) is 13.9. The molecule has 0 aromatic heterocycles. The van der Waals surface area contributed by atoms with E-state index in [9.17, 15) is 5.11 Å². The maximum atomic E-state index is 10.9. The van der Waals surface area contributed by atoms with Crippen molar-refractivity contribution in [1.82, 2.24) is 0 Å².